The van der Waals surface area contributed by atoms with Crippen molar-refractivity contribution in [1.82, 2.24) is 0 Å². The Kier molecular flexibility index (Phi) is 7.82. The van der Waals surface area contributed by atoms with Crippen LogP contribution in [0.1, 0.15) is 64.7 Å². The Balaban J connectivity index is 1.87. The predicted octanol–water partition coefficient (Wildman–Crippen LogP) is 2.60. The molecule has 1 aliphatic rings. The fourth-order valence-corrected chi connectivity index (χ4v) is 2.44. The van der Waals surface area contributed by atoms with E-state index in [2.05, 4.69) is 6.92 Å². The zero-order valence-electron chi connectivity index (χ0n) is 11.2. The summed E-state index contributed by atoms with van der Waals surface area (Å²) in [5, 5.41) is 9.71. The molecule has 1 heterocycles. The second kappa shape index (κ2) is 8.90. The molecule has 0 bridgehead atoms. The van der Waals surface area contributed by atoms with Gasteiger partial charge < -0.3 is 15.6 Å². The maximum absolute atomic E-state index is 9.71. The van der Waals surface area contributed by atoms with Gasteiger partial charge in [-0.3, -0.25) is 0 Å². The third-order valence-electron chi connectivity index (χ3n) is 3.66. The number of hydrogen-bond acceptors (Lipinski definition) is 3. The molecule has 3 heteroatoms. The highest BCUT2D eigenvalue weighted by Gasteiger charge is 2.32. The summed E-state index contributed by atoms with van der Waals surface area (Å²) in [6.07, 6.45) is 11.0. The van der Waals surface area contributed by atoms with Crippen LogP contribution in [0.15, 0.2) is 0 Å². The van der Waals surface area contributed by atoms with Crippen molar-refractivity contribution < 1.29 is 9.84 Å². The molecule has 1 aliphatic heterocycles. The quantitative estimate of drug-likeness (QED) is 0.612. The van der Waals surface area contributed by atoms with Gasteiger partial charge in [-0.05, 0) is 6.42 Å². The molecule has 3 N–H and O–H groups in total. The summed E-state index contributed by atoms with van der Waals surface area (Å²) in [5.41, 5.74) is 5.69. The van der Waals surface area contributed by atoms with Crippen LogP contribution in [0.3, 0.4) is 0 Å². The molecule has 0 radical (unpaired) electrons. The molecule has 1 saturated heterocycles. The van der Waals surface area contributed by atoms with E-state index in [1.807, 2.05) is 0 Å². The first-order valence-electron chi connectivity index (χ1n) is 7.31. The minimum absolute atomic E-state index is 0.00917. The lowest BCUT2D eigenvalue weighted by atomic mass is 10.0. The summed E-state index contributed by atoms with van der Waals surface area (Å²) in [7, 11) is 0. The molecule has 0 saturated carbocycles. The van der Waals surface area contributed by atoms with Crippen molar-refractivity contribution in [1.29, 1.82) is 0 Å². The van der Waals surface area contributed by atoms with E-state index in [4.69, 9.17) is 10.5 Å². The summed E-state index contributed by atoms with van der Waals surface area (Å²) < 4.78 is 5.46. The van der Waals surface area contributed by atoms with Gasteiger partial charge in [0.1, 0.15) is 0 Å². The fourth-order valence-electron chi connectivity index (χ4n) is 2.44. The summed E-state index contributed by atoms with van der Waals surface area (Å²) in [6.45, 7) is 2.76. The Morgan fingerprint density at radius 1 is 1.06 bits per heavy atom. The maximum Gasteiger partial charge on any atom is 0.0974 e. The van der Waals surface area contributed by atoms with Gasteiger partial charge in [0.25, 0.3) is 0 Å². The molecular formula is C14H29NO2. The molecule has 3 nitrogen and oxygen atoms in total. The Morgan fingerprint density at radius 2 is 1.65 bits per heavy atom. The summed E-state index contributed by atoms with van der Waals surface area (Å²) in [6, 6.07) is -0.172. The van der Waals surface area contributed by atoms with Crippen LogP contribution >= 0.6 is 0 Å². The highest BCUT2D eigenvalue weighted by atomic mass is 16.5. The Labute approximate surface area is 106 Å². The second-order valence-corrected chi connectivity index (χ2v) is 5.29. The molecule has 0 aromatic rings. The molecule has 0 aliphatic carbocycles. The number of aliphatic hydroxyl groups excluding tert-OH is 1. The van der Waals surface area contributed by atoms with Gasteiger partial charge in [-0.15, -0.1) is 0 Å². The second-order valence-electron chi connectivity index (χ2n) is 5.29. The first kappa shape index (κ1) is 14.9. The fraction of sp³-hybridized carbons (Fsp3) is 1.00. The molecule has 1 fully saturated rings. The summed E-state index contributed by atoms with van der Waals surface area (Å²) in [4.78, 5) is 0. The van der Waals surface area contributed by atoms with E-state index >= 15 is 0 Å². The van der Waals surface area contributed by atoms with Crippen LogP contribution in [-0.2, 0) is 4.74 Å². The lowest BCUT2D eigenvalue weighted by Crippen LogP contribution is -2.36. The van der Waals surface area contributed by atoms with Crippen LogP contribution in [0.5, 0.6) is 0 Å². The van der Waals surface area contributed by atoms with Gasteiger partial charge in [0.2, 0.25) is 0 Å². The minimum atomic E-state index is -0.445. The zero-order valence-corrected chi connectivity index (χ0v) is 11.2. The third kappa shape index (κ3) is 5.84. The van der Waals surface area contributed by atoms with Crippen molar-refractivity contribution in [3.05, 3.63) is 0 Å². The van der Waals surface area contributed by atoms with Crippen molar-refractivity contribution >= 4 is 0 Å². The monoisotopic (exact) mass is 243 g/mol. The molecule has 3 atom stereocenters. The number of rotatable bonds is 9. The molecule has 0 aromatic heterocycles. The minimum Gasteiger partial charge on any atom is -0.389 e. The van der Waals surface area contributed by atoms with E-state index < -0.39 is 6.10 Å². The maximum atomic E-state index is 9.71. The molecule has 17 heavy (non-hydrogen) atoms. The molecule has 0 amide bonds. The predicted molar refractivity (Wildman–Crippen MR) is 70.9 cm³/mol. The lowest BCUT2D eigenvalue weighted by Gasteiger charge is -2.14. The van der Waals surface area contributed by atoms with E-state index in [0.717, 1.165) is 12.8 Å². The first-order valence-corrected chi connectivity index (χ1v) is 7.31. The average Bonchev–Trinajstić information content (AvgIpc) is 2.64. The van der Waals surface area contributed by atoms with Crippen LogP contribution in [0.2, 0.25) is 0 Å². The van der Waals surface area contributed by atoms with Crippen molar-refractivity contribution in [3.8, 4) is 0 Å². The molecule has 0 aromatic carbocycles. The Morgan fingerprint density at radius 3 is 2.18 bits per heavy atom. The Bertz CT molecular complexity index is 187. The number of hydrogen-bond donors (Lipinski definition) is 2. The number of unbranched alkanes of at least 4 members (excludes halogenated alkanes) is 7. The summed E-state index contributed by atoms with van der Waals surface area (Å²) in [5.74, 6) is 0. The molecule has 1 rings (SSSR count). The van der Waals surface area contributed by atoms with Crippen LogP contribution in [0, 0.1) is 0 Å². The Hall–Kier alpha value is -0.120. The van der Waals surface area contributed by atoms with Gasteiger partial charge in [-0.2, -0.15) is 0 Å². The molecule has 102 valence electrons. The summed E-state index contributed by atoms with van der Waals surface area (Å²) >= 11 is 0. The highest BCUT2D eigenvalue weighted by Crippen LogP contribution is 2.19. The van der Waals surface area contributed by atoms with Crippen molar-refractivity contribution in [3.63, 3.8) is 0 Å². The van der Waals surface area contributed by atoms with Crippen molar-refractivity contribution in [2.75, 3.05) is 6.61 Å². The normalized spacial score (nSPS) is 28.8. The largest absolute Gasteiger partial charge is 0.389 e. The van der Waals surface area contributed by atoms with E-state index in [1.54, 1.807) is 0 Å². The lowest BCUT2D eigenvalue weighted by molar-refractivity contribution is 0.0342. The van der Waals surface area contributed by atoms with Crippen molar-refractivity contribution in [2.24, 2.45) is 5.73 Å². The smallest absolute Gasteiger partial charge is 0.0974 e. The number of ether oxygens (including phenoxy) is 1. The van der Waals surface area contributed by atoms with E-state index in [-0.39, 0.29) is 12.1 Å². The third-order valence-corrected chi connectivity index (χ3v) is 3.66. The van der Waals surface area contributed by atoms with Gasteiger partial charge in [0.15, 0.2) is 0 Å². The topological polar surface area (TPSA) is 55.5 Å². The van der Waals surface area contributed by atoms with Gasteiger partial charge in [0.05, 0.1) is 24.9 Å². The number of aliphatic hydroxyl groups is 1. The molecular weight excluding hydrogens is 214 g/mol. The van der Waals surface area contributed by atoms with Crippen LogP contribution in [0.4, 0.5) is 0 Å². The number of nitrogens with two attached hydrogens (primary N) is 1. The van der Waals surface area contributed by atoms with E-state index in [9.17, 15) is 5.11 Å². The first-order chi connectivity index (χ1) is 8.25. The zero-order chi connectivity index (χ0) is 12.5. The van der Waals surface area contributed by atoms with Crippen LogP contribution < -0.4 is 5.73 Å². The highest BCUT2D eigenvalue weighted by molar-refractivity contribution is 4.85. The van der Waals surface area contributed by atoms with Crippen LogP contribution in [0.25, 0.3) is 0 Å². The van der Waals surface area contributed by atoms with Gasteiger partial charge in [0, 0.05) is 0 Å². The SMILES string of the molecule is CCCCCCCCCC[C@@H]1OC[C@@H](N)[C@@H]1O. The standard InChI is InChI=1S/C14H29NO2/c1-2-3-4-5-6-7-8-9-10-13-14(16)12(15)11-17-13/h12-14,16H,2-11,15H2,1H3/t12-,13+,14+/m1/s1. The van der Waals surface area contributed by atoms with Gasteiger partial charge >= 0.3 is 0 Å². The van der Waals surface area contributed by atoms with Crippen molar-refractivity contribution in [2.45, 2.75) is 83.0 Å². The van der Waals surface area contributed by atoms with E-state index in [1.165, 1.54) is 44.9 Å². The van der Waals surface area contributed by atoms with Crippen LogP contribution in [-0.4, -0.2) is 30.0 Å². The molecule has 0 spiro atoms. The van der Waals surface area contributed by atoms with Gasteiger partial charge in [-0.1, -0.05) is 58.3 Å². The average molecular weight is 243 g/mol. The molecule has 0 unspecified atom stereocenters. The van der Waals surface area contributed by atoms with E-state index in [0.29, 0.717) is 6.61 Å². The van der Waals surface area contributed by atoms with Gasteiger partial charge in [-0.25, -0.2) is 0 Å².